The van der Waals surface area contributed by atoms with E-state index in [0.29, 0.717) is 29.4 Å². The zero-order chi connectivity index (χ0) is 19.8. The average Bonchev–Trinajstić information content (AvgIpc) is 2.74. The number of para-hydroxylation sites is 3. The van der Waals surface area contributed by atoms with Gasteiger partial charge in [0.2, 0.25) is 0 Å². The van der Waals surface area contributed by atoms with E-state index in [1.54, 1.807) is 37.4 Å². The van der Waals surface area contributed by atoms with Crippen LogP contribution in [0.1, 0.15) is 13.3 Å². The van der Waals surface area contributed by atoms with Crippen LogP contribution in [0.25, 0.3) is 0 Å². The summed E-state index contributed by atoms with van der Waals surface area (Å²) in [7, 11) is 1.60. The van der Waals surface area contributed by atoms with Crippen molar-refractivity contribution in [3.8, 4) is 23.0 Å². The molecule has 144 valence electrons. The summed E-state index contributed by atoms with van der Waals surface area (Å²) in [5.41, 5.74) is 0.591. The monoisotopic (exact) mass is 377 g/mol. The first-order valence-electron chi connectivity index (χ1n) is 9.13. The highest BCUT2D eigenvalue weighted by Gasteiger charge is 2.20. The van der Waals surface area contributed by atoms with Crippen LogP contribution in [0.2, 0.25) is 0 Å². The van der Waals surface area contributed by atoms with Gasteiger partial charge < -0.3 is 19.5 Å². The largest absolute Gasteiger partial charge is 0.497 e. The molecule has 0 saturated carbocycles. The molecule has 1 amide bonds. The first-order chi connectivity index (χ1) is 13.7. The molecule has 5 nitrogen and oxygen atoms in total. The highest BCUT2D eigenvalue weighted by Crippen LogP contribution is 2.29. The standard InChI is InChI=1S/C23H23NO4/c1-3-21(27-19-15-13-17(26-2)14-16-19)23(25)24-20-11-7-8-12-22(20)28-18-9-5-4-6-10-18/h4-16,21H,3H2,1-2H3,(H,24,25)/t21-/m0/s1. The number of amides is 1. The van der Waals surface area contributed by atoms with Gasteiger partial charge in [-0.05, 0) is 55.0 Å². The number of rotatable bonds is 8. The molecule has 1 atom stereocenters. The second kappa shape index (κ2) is 9.46. The molecule has 0 heterocycles. The fraction of sp³-hybridized carbons (Fsp3) is 0.174. The lowest BCUT2D eigenvalue weighted by Gasteiger charge is -2.19. The van der Waals surface area contributed by atoms with E-state index in [4.69, 9.17) is 14.2 Å². The fourth-order valence-electron chi connectivity index (χ4n) is 2.63. The molecule has 0 aromatic heterocycles. The molecule has 3 rings (SSSR count). The molecule has 3 aromatic rings. The average molecular weight is 377 g/mol. The Kier molecular flexibility index (Phi) is 6.52. The van der Waals surface area contributed by atoms with Gasteiger partial charge in [0.05, 0.1) is 12.8 Å². The van der Waals surface area contributed by atoms with E-state index in [1.807, 2.05) is 55.5 Å². The van der Waals surface area contributed by atoms with E-state index >= 15 is 0 Å². The summed E-state index contributed by atoms with van der Waals surface area (Å²) in [5.74, 6) is 2.38. The Balaban J connectivity index is 1.70. The molecule has 0 radical (unpaired) electrons. The van der Waals surface area contributed by atoms with Crippen molar-refractivity contribution < 1.29 is 19.0 Å². The number of carbonyl (C=O) groups is 1. The van der Waals surface area contributed by atoms with Crippen LogP contribution in [-0.4, -0.2) is 19.1 Å². The van der Waals surface area contributed by atoms with Crippen LogP contribution < -0.4 is 19.5 Å². The van der Waals surface area contributed by atoms with Crippen LogP contribution in [0.3, 0.4) is 0 Å². The Labute approximate surface area is 164 Å². The summed E-state index contributed by atoms with van der Waals surface area (Å²) >= 11 is 0. The Bertz CT molecular complexity index is 894. The number of hydrogen-bond acceptors (Lipinski definition) is 4. The van der Waals surface area contributed by atoms with Gasteiger partial charge in [-0.15, -0.1) is 0 Å². The number of methoxy groups -OCH3 is 1. The summed E-state index contributed by atoms with van der Waals surface area (Å²) in [6.45, 7) is 1.90. The smallest absolute Gasteiger partial charge is 0.265 e. The third-order valence-electron chi connectivity index (χ3n) is 4.12. The predicted molar refractivity (Wildman–Crippen MR) is 109 cm³/mol. The second-order valence-electron chi connectivity index (χ2n) is 6.09. The lowest BCUT2D eigenvalue weighted by molar-refractivity contribution is -0.122. The van der Waals surface area contributed by atoms with Crippen molar-refractivity contribution in [2.45, 2.75) is 19.4 Å². The molecule has 0 saturated heterocycles. The molecule has 0 spiro atoms. The molecular formula is C23H23NO4. The predicted octanol–water partition coefficient (Wildman–Crippen LogP) is 5.28. The summed E-state index contributed by atoms with van der Waals surface area (Å²) in [6, 6.07) is 23.9. The van der Waals surface area contributed by atoms with Gasteiger partial charge in [0.25, 0.3) is 5.91 Å². The summed E-state index contributed by atoms with van der Waals surface area (Å²) in [5, 5.41) is 2.91. The van der Waals surface area contributed by atoms with Gasteiger partial charge in [-0.3, -0.25) is 4.79 Å². The molecule has 0 bridgehead atoms. The van der Waals surface area contributed by atoms with E-state index < -0.39 is 6.10 Å². The normalized spacial score (nSPS) is 11.4. The molecule has 0 unspecified atom stereocenters. The molecule has 0 aliphatic rings. The Morgan fingerprint density at radius 2 is 1.50 bits per heavy atom. The summed E-state index contributed by atoms with van der Waals surface area (Å²) in [4.78, 5) is 12.8. The highest BCUT2D eigenvalue weighted by molar-refractivity contribution is 5.95. The van der Waals surface area contributed by atoms with Crippen molar-refractivity contribution in [1.29, 1.82) is 0 Å². The van der Waals surface area contributed by atoms with Crippen molar-refractivity contribution in [3.05, 3.63) is 78.9 Å². The molecular weight excluding hydrogens is 354 g/mol. The van der Waals surface area contributed by atoms with Gasteiger partial charge in [-0.25, -0.2) is 0 Å². The fourth-order valence-corrected chi connectivity index (χ4v) is 2.63. The van der Waals surface area contributed by atoms with Crippen LogP contribution in [0.5, 0.6) is 23.0 Å². The van der Waals surface area contributed by atoms with Gasteiger partial charge in [0.1, 0.15) is 17.2 Å². The summed E-state index contributed by atoms with van der Waals surface area (Å²) in [6.07, 6.45) is -0.0993. The van der Waals surface area contributed by atoms with Crippen molar-refractivity contribution in [2.24, 2.45) is 0 Å². The maximum Gasteiger partial charge on any atom is 0.265 e. The van der Waals surface area contributed by atoms with Gasteiger partial charge in [0.15, 0.2) is 11.9 Å². The number of hydrogen-bond donors (Lipinski definition) is 1. The molecule has 28 heavy (non-hydrogen) atoms. The van der Waals surface area contributed by atoms with Crippen molar-refractivity contribution in [1.82, 2.24) is 0 Å². The minimum absolute atomic E-state index is 0.234. The zero-order valence-corrected chi connectivity index (χ0v) is 15.9. The SMILES string of the molecule is CC[C@H](Oc1ccc(OC)cc1)C(=O)Nc1ccccc1Oc1ccccc1. The van der Waals surface area contributed by atoms with Crippen LogP contribution in [0.15, 0.2) is 78.9 Å². The molecule has 0 fully saturated rings. The summed E-state index contributed by atoms with van der Waals surface area (Å²) < 4.78 is 16.9. The Hall–Kier alpha value is -3.47. The lowest BCUT2D eigenvalue weighted by Crippen LogP contribution is -2.32. The third-order valence-corrected chi connectivity index (χ3v) is 4.12. The van der Waals surface area contributed by atoms with Gasteiger partial charge in [-0.2, -0.15) is 0 Å². The van der Waals surface area contributed by atoms with E-state index in [-0.39, 0.29) is 5.91 Å². The first-order valence-corrected chi connectivity index (χ1v) is 9.13. The van der Waals surface area contributed by atoms with E-state index in [1.165, 1.54) is 0 Å². The first kappa shape index (κ1) is 19.3. The van der Waals surface area contributed by atoms with Crippen LogP contribution >= 0.6 is 0 Å². The molecule has 0 aliphatic heterocycles. The van der Waals surface area contributed by atoms with Crippen molar-refractivity contribution >= 4 is 11.6 Å². The van der Waals surface area contributed by atoms with Crippen LogP contribution in [0.4, 0.5) is 5.69 Å². The molecule has 0 aliphatic carbocycles. The van der Waals surface area contributed by atoms with Crippen molar-refractivity contribution in [3.63, 3.8) is 0 Å². The third kappa shape index (κ3) is 5.04. The van der Waals surface area contributed by atoms with Crippen LogP contribution in [-0.2, 0) is 4.79 Å². The van der Waals surface area contributed by atoms with Crippen LogP contribution in [0, 0.1) is 0 Å². The Morgan fingerprint density at radius 3 is 2.18 bits per heavy atom. The van der Waals surface area contributed by atoms with Gasteiger partial charge >= 0.3 is 0 Å². The highest BCUT2D eigenvalue weighted by atomic mass is 16.5. The van der Waals surface area contributed by atoms with Crippen molar-refractivity contribution in [2.75, 3.05) is 12.4 Å². The number of benzene rings is 3. The number of ether oxygens (including phenoxy) is 3. The minimum atomic E-state index is -0.627. The Morgan fingerprint density at radius 1 is 0.857 bits per heavy atom. The maximum atomic E-state index is 12.8. The lowest BCUT2D eigenvalue weighted by atomic mass is 10.2. The maximum absolute atomic E-state index is 12.8. The van der Waals surface area contributed by atoms with E-state index in [9.17, 15) is 4.79 Å². The molecule has 1 N–H and O–H groups in total. The second-order valence-corrected chi connectivity index (χ2v) is 6.09. The van der Waals surface area contributed by atoms with Gasteiger partial charge in [-0.1, -0.05) is 37.3 Å². The van der Waals surface area contributed by atoms with E-state index in [2.05, 4.69) is 5.32 Å². The number of carbonyl (C=O) groups excluding carboxylic acids is 1. The quantitative estimate of drug-likeness (QED) is 0.580. The molecule has 3 aromatic carbocycles. The number of nitrogens with one attached hydrogen (secondary N) is 1. The zero-order valence-electron chi connectivity index (χ0n) is 15.9. The van der Waals surface area contributed by atoms with Gasteiger partial charge in [0, 0.05) is 0 Å². The minimum Gasteiger partial charge on any atom is -0.497 e. The van der Waals surface area contributed by atoms with E-state index in [0.717, 1.165) is 5.75 Å². The topological polar surface area (TPSA) is 56.8 Å². The number of anilines is 1. The molecule has 5 heteroatoms.